The standard InChI is InChI=1S/C25H28N2O3/c1-18-9-8-10-19(2)27(18)25(29)16-26-15-22(21-13-6-7-14-23(21)26)24(28)17-30-20-11-4-3-5-12-20/h3-7,11-15,18-19H,8-10,16-17H2,1-2H3/t18-,19-/m1/s1. The number of rotatable bonds is 6. The van der Waals surface area contributed by atoms with Crippen LogP contribution in [0.2, 0.25) is 0 Å². The van der Waals surface area contributed by atoms with Gasteiger partial charge in [-0.1, -0.05) is 36.4 Å². The van der Waals surface area contributed by atoms with Gasteiger partial charge in [0, 0.05) is 34.7 Å². The van der Waals surface area contributed by atoms with E-state index in [1.54, 1.807) is 6.20 Å². The second kappa shape index (κ2) is 8.74. The van der Waals surface area contributed by atoms with Crippen molar-refractivity contribution < 1.29 is 14.3 Å². The predicted molar refractivity (Wildman–Crippen MR) is 118 cm³/mol. The van der Waals surface area contributed by atoms with E-state index >= 15 is 0 Å². The van der Waals surface area contributed by atoms with Crippen molar-refractivity contribution in [2.45, 2.75) is 51.7 Å². The molecule has 1 amide bonds. The van der Waals surface area contributed by atoms with Crippen molar-refractivity contribution in [2.24, 2.45) is 0 Å². The molecule has 2 aromatic carbocycles. The molecule has 5 heteroatoms. The molecule has 30 heavy (non-hydrogen) atoms. The molecular formula is C25H28N2O3. The van der Waals surface area contributed by atoms with E-state index in [4.69, 9.17) is 4.74 Å². The van der Waals surface area contributed by atoms with Gasteiger partial charge in [-0.25, -0.2) is 0 Å². The smallest absolute Gasteiger partial charge is 0.242 e. The van der Waals surface area contributed by atoms with E-state index in [1.165, 1.54) is 6.42 Å². The number of ether oxygens (including phenoxy) is 1. The lowest BCUT2D eigenvalue weighted by Crippen LogP contribution is -2.48. The molecule has 0 N–H and O–H groups in total. The molecule has 3 aromatic rings. The maximum atomic E-state index is 13.1. The van der Waals surface area contributed by atoms with Gasteiger partial charge in [0.05, 0.1) is 0 Å². The number of para-hydroxylation sites is 2. The summed E-state index contributed by atoms with van der Waals surface area (Å²) < 4.78 is 7.56. The predicted octanol–water partition coefficient (Wildman–Crippen LogP) is 4.69. The molecule has 1 aliphatic rings. The Morgan fingerprint density at radius 2 is 1.63 bits per heavy atom. The first-order valence-electron chi connectivity index (χ1n) is 10.6. The Morgan fingerprint density at radius 3 is 2.37 bits per heavy atom. The first-order valence-corrected chi connectivity index (χ1v) is 10.6. The van der Waals surface area contributed by atoms with Crippen molar-refractivity contribution in [1.82, 2.24) is 9.47 Å². The average Bonchev–Trinajstić information content (AvgIpc) is 3.11. The third-order valence-corrected chi connectivity index (χ3v) is 5.99. The minimum atomic E-state index is -0.0963. The molecule has 1 aliphatic heterocycles. The zero-order valence-corrected chi connectivity index (χ0v) is 17.6. The fourth-order valence-electron chi connectivity index (χ4n) is 4.48. The largest absolute Gasteiger partial charge is 0.485 e. The normalized spacial score (nSPS) is 19.1. The molecule has 2 atom stereocenters. The number of Topliss-reactive ketones (excluding diaryl/α,β-unsaturated/α-hetero) is 1. The van der Waals surface area contributed by atoms with Crippen molar-refractivity contribution in [2.75, 3.05) is 6.61 Å². The number of nitrogens with zero attached hydrogens (tertiary/aromatic N) is 2. The van der Waals surface area contributed by atoms with Gasteiger partial charge >= 0.3 is 0 Å². The minimum Gasteiger partial charge on any atom is -0.485 e. The molecule has 1 saturated heterocycles. The highest BCUT2D eigenvalue weighted by atomic mass is 16.5. The summed E-state index contributed by atoms with van der Waals surface area (Å²) >= 11 is 0. The van der Waals surface area contributed by atoms with Crippen LogP contribution in [0.4, 0.5) is 0 Å². The molecule has 0 aliphatic carbocycles. The lowest BCUT2D eigenvalue weighted by Gasteiger charge is -2.39. The number of amides is 1. The van der Waals surface area contributed by atoms with Crippen molar-refractivity contribution in [1.29, 1.82) is 0 Å². The Labute approximate surface area is 177 Å². The van der Waals surface area contributed by atoms with Crippen LogP contribution in [0.1, 0.15) is 43.5 Å². The second-order valence-corrected chi connectivity index (χ2v) is 8.14. The molecule has 156 valence electrons. The SMILES string of the molecule is C[C@@H]1CCC[C@@H](C)N1C(=O)Cn1cc(C(=O)COc2ccccc2)c2ccccc21. The zero-order chi connectivity index (χ0) is 21.1. The summed E-state index contributed by atoms with van der Waals surface area (Å²) in [4.78, 5) is 28.0. The number of ketones is 1. The fourth-order valence-corrected chi connectivity index (χ4v) is 4.48. The third-order valence-electron chi connectivity index (χ3n) is 5.99. The number of carbonyl (C=O) groups is 2. The summed E-state index contributed by atoms with van der Waals surface area (Å²) in [6, 6.07) is 17.6. The van der Waals surface area contributed by atoms with Gasteiger partial charge < -0.3 is 14.2 Å². The summed E-state index contributed by atoms with van der Waals surface area (Å²) in [5.74, 6) is 0.675. The highest BCUT2D eigenvalue weighted by Crippen LogP contribution is 2.25. The highest BCUT2D eigenvalue weighted by molar-refractivity contribution is 6.09. The number of hydrogen-bond donors (Lipinski definition) is 0. The molecule has 0 saturated carbocycles. The van der Waals surface area contributed by atoms with Gasteiger partial charge in [0.25, 0.3) is 0 Å². The van der Waals surface area contributed by atoms with Crippen LogP contribution in [-0.2, 0) is 11.3 Å². The quantitative estimate of drug-likeness (QED) is 0.560. The van der Waals surface area contributed by atoms with Crippen LogP contribution in [0, 0.1) is 0 Å². The van der Waals surface area contributed by atoms with Gasteiger partial charge in [0.15, 0.2) is 6.61 Å². The van der Waals surface area contributed by atoms with Crippen molar-refractivity contribution >= 4 is 22.6 Å². The van der Waals surface area contributed by atoms with Crippen LogP contribution >= 0.6 is 0 Å². The average molecular weight is 405 g/mol. The molecule has 0 radical (unpaired) electrons. The number of carbonyl (C=O) groups excluding carboxylic acids is 2. The van der Waals surface area contributed by atoms with E-state index in [9.17, 15) is 9.59 Å². The Morgan fingerprint density at radius 1 is 0.967 bits per heavy atom. The molecule has 1 fully saturated rings. The summed E-state index contributed by atoms with van der Waals surface area (Å²) in [7, 11) is 0. The molecule has 5 nitrogen and oxygen atoms in total. The number of fused-ring (bicyclic) bond motifs is 1. The van der Waals surface area contributed by atoms with E-state index in [-0.39, 0.29) is 36.9 Å². The monoisotopic (exact) mass is 404 g/mol. The number of piperidine rings is 1. The fraction of sp³-hybridized carbons (Fsp3) is 0.360. The highest BCUT2D eigenvalue weighted by Gasteiger charge is 2.29. The second-order valence-electron chi connectivity index (χ2n) is 8.14. The summed E-state index contributed by atoms with van der Waals surface area (Å²) in [6.45, 7) is 4.45. The van der Waals surface area contributed by atoms with E-state index in [0.29, 0.717) is 11.3 Å². The van der Waals surface area contributed by atoms with Gasteiger partial charge in [-0.05, 0) is 51.3 Å². The van der Waals surface area contributed by atoms with Crippen molar-refractivity contribution in [3.8, 4) is 5.75 Å². The van der Waals surface area contributed by atoms with E-state index < -0.39 is 0 Å². The third kappa shape index (κ3) is 4.11. The first kappa shape index (κ1) is 20.2. The Balaban J connectivity index is 1.56. The van der Waals surface area contributed by atoms with Crippen LogP contribution in [-0.4, -0.2) is 39.8 Å². The topological polar surface area (TPSA) is 51.5 Å². The minimum absolute atomic E-state index is 0.0356. The van der Waals surface area contributed by atoms with Crippen molar-refractivity contribution in [3.05, 3.63) is 66.4 Å². The number of aromatic nitrogens is 1. The Kier molecular flexibility index (Phi) is 5.88. The van der Waals surface area contributed by atoms with Crippen LogP contribution in [0.5, 0.6) is 5.75 Å². The van der Waals surface area contributed by atoms with Crippen LogP contribution in [0.3, 0.4) is 0 Å². The summed E-state index contributed by atoms with van der Waals surface area (Å²) in [5.41, 5.74) is 1.49. The maximum absolute atomic E-state index is 13.1. The van der Waals surface area contributed by atoms with Gasteiger partial charge in [0.1, 0.15) is 12.3 Å². The molecule has 0 spiro atoms. The van der Waals surface area contributed by atoms with Crippen LogP contribution in [0.25, 0.3) is 10.9 Å². The maximum Gasteiger partial charge on any atom is 0.242 e. The molecule has 0 unspecified atom stereocenters. The van der Waals surface area contributed by atoms with Gasteiger partial charge in [-0.2, -0.15) is 0 Å². The van der Waals surface area contributed by atoms with Gasteiger partial charge in [0.2, 0.25) is 11.7 Å². The van der Waals surface area contributed by atoms with E-state index in [0.717, 1.165) is 23.7 Å². The first-order chi connectivity index (χ1) is 14.5. The van der Waals surface area contributed by atoms with Crippen LogP contribution < -0.4 is 4.74 Å². The Bertz CT molecular complexity index is 1030. The van der Waals surface area contributed by atoms with E-state index in [1.807, 2.05) is 64.1 Å². The zero-order valence-electron chi connectivity index (χ0n) is 17.6. The van der Waals surface area contributed by atoms with E-state index in [2.05, 4.69) is 13.8 Å². The van der Waals surface area contributed by atoms with Crippen molar-refractivity contribution in [3.63, 3.8) is 0 Å². The summed E-state index contributed by atoms with van der Waals surface area (Å²) in [5, 5.41) is 0.853. The molecule has 2 heterocycles. The number of hydrogen-bond acceptors (Lipinski definition) is 3. The summed E-state index contributed by atoms with van der Waals surface area (Å²) in [6.07, 6.45) is 5.06. The number of likely N-dealkylation sites (tertiary alicyclic amines) is 1. The lowest BCUT2D eigenvalue weighted by molar-refractivity contribution is -0.137. The van der Waals surface area contributed by atoms with Crippen LogP contribution in [0.15, 0.2) is 60.8 Å². The molecule has 1 aromatic heterocycles. The Hall–Kier alpha value is -3.08. The van der Waals surface area contributed by atoms with Gasteiger partial charge in [-0.3, -0.25) is 9.59 Å². The molecule has 4 rings (SSSR count). The number of benzene rings is 2. The molecular weight excluding hydrogens is 376 g/mol. The van der Waals surface area contributed by atoms with Gasteiger partial charge in [-0.15, -0.1) is 0 Å². The lowest BCUT2D eigenvalue weighted by atomic mass is 9.97. The molecule has 0 bridgehead atoms.